The molecule has 0 unspecified atom stereocenters. The zero-order valence-corrected chi connectivity index (χ0v) is 19.1. The molecule has 2 aromatic rings. The molecule has 0 saturated carbocycles. The second kappa shape index (κ2) is 12.7. The summed E-state index contributed by atoms with van der Waals surface area (Å²) >= 11 is 0. The minimum absolute atomic E-state index is 0.105. The Morgan fingerprint density at radius 3 is 2.44 bits per heavy atom. The molecule has 1 aliphatic rings. The Morgan fingerprint density at radius 1 is 1.06 bits per heavy atom. The van der Waals surface area contributed by atoms with E-state index in [-0.39, 0.29) is 5.91 Å². The number of nitrogens with one attached hydrogen (secondary N) is 3. The van der Waals surface area contributed by atoms with Crippen molar-refractivity contribution in [3.8, 4) is 5.75 Å². The number of hydrogen-bond donors (Lipinski definition) is 3. The average Bonchev–Trinajstić information content (AvgIpc) is 2.83. The minimum Gasteiger partial charge on any atom is -0.497 e. The maximum absolute atomic E-state index is 12.3. The second-order valence-corrected chi connectivity index (χ2v) is 7.93. The number of ether oxygens (including phenoxy) is 1. The lowest BCUT2D eigenvalue weighted by atomic mass is 10.0. The van der Waals surface area contributed by atoms with E-state index in [0.29, 0.717) is 24.7 Å². The summed E-state index contributed by atoms with van der Waals surface area (Å²) in [5, 5.41) is 9.79. The third kappa shape index (κ3) is 7.57. The van der Waals surface area contributed by atoms with E-state index in [1.807, 2.05) is 0 Å². The van der Waals surface area contributed by atoms with Crippen LogP contribution in [-0.4, -0.2) is 62.6 Å². The zero-order valence-electron chi connectivity index (χ0n) is 19.1. The molecule has 1 saturated heterocycles. The van der Waals surface area contributed by atoms with Gasteiger partial charge in [-0.3, -0.25) is 14.7 Å². The number of guanidine groups is 1. The molecule has 1 fully saturated rings. The molecule has 0 spiro atoms. The molecule has 1 heterocycles. The predicted octanol–water partition coefficient (Wildman–Crippen LogP) is 2.64. The van der Waals surface area contributed by atoms with Gasteiger partial charge >= 0.3 is 0 Å². The lowest BCUT2D eigenvalue weighted by Gasteiger charge is -2.33. The molecule has 3 N–H and O–H groups in total. The van der Waals surface area contributed by atoms with Gasteiger partial charge in [0, 0.05) is 44.3 Å². The Kier molecular flexibility index (Phi) is 9.37. The minimum atomic E-state index is -0.105. The molecular formula is C25H35N5O2. The van der Waals surface area contributed by atoms with Gasteiger partial charge in [-0.15, -0.1) is 0 Å². The van der Waals surface area contributed by atoms with E-state index in [1.165, 1.54) is 5.56 Å². The molecule has 1 aliphatic heterocycles. The number of likely N-dealkylation sites (tertiary alicyclic amines) is 1. The molecule has 0 radical (unpaired) electrons. The van der Waals surface area contributed by atoms with Crippen molar-refractivity contribution in [2.75, 3.05) is 39.8 Å². The number of rotatable bonds is 9. The molecule has 1 amide bonds. The van der Waals surface area contributed by atoms with Gasteiger partial charge in [-0.2, -0.15) is 0 Å². The number of hydrogen-bond acceptors (Lipinski definition) is 4. The van der Waals surface area contributed by atoms with Crippen LogP contribution in [0, 0.1) is 0 Å². The van der Waals surface area contributed by atoms with Gasteiger partial charge in [0.05, 0.1) is 13.7 Å². The number of aliphatic imine (C=N–C) groups is 1. The molecule has 0 atom stereocenters. The fourth-order valence-corrected chi connectivity index (χ4v) is 3.77. The first-order valence-electron chi connectivity index (χ1n) is 11.4. The summed E-state index contributed by atoms with van der Waals surface area (Å²) in [5.41, 5.74) is 1.98. The third-order valence-corrected chi connectivity index (χ3v) is 5.54. The molecule has 0 bridgehead atoms. The van der Waals surface area contributed by atoms with Gasteiger partial charge in [0.25, 0.3) is 5.91 Å². The number of benzene rings is 2. The van der Waals surface area contributed by atoms with Gasteiger partial charge in [-0.05, 0) is 49.6 Å². The lowest BCUT2D eigenvalue weighted by molar-refractivity contribution is 0.0954. The molecule has 0 aromatic heterocycles. The molecular weight excluding hydrogens is 402 g/mol. The van der Waals surface area contributed by atoms with Crippen LogP contribution in [0.25, 0.3) is 0 Å². The van der Waals surface area contributed by atoms with Crippen molar-refractivity contribution < 1.29 is 9.53 Å². The zero-order chi connectivity index (χ0) is 22.6. The first-order valence-corrected chi connectivity index (χ1v) is 11.4. The number of methoxy groups -OCH3 is 1. The highest BCUT2D eigenvalue weighted by Crippen LogP contribution is 2.14. The maximum atomic E-state index is 12.3. The van der Waals surface area contributed by atoms with Crippen molar-refractivity contribution in [2.24, 2.45) is 4.99 Å². The molecule has 2 aromatic carbocycles. The van der Waals surface area contributed by atoms with Crippen LogP contribution >= 0.6 is 0 Å². The number of nitrogens with zero attached hydrogens (tertiary/aromatic N) is 2. The normalized spacial score (nSPS) is 15.2. The van der Waals surface area contributed by atoms with Crippen LogP contribution in [0.5, 0.6) is 5.75 Å². The summed E-state index contributed by atoms with van der Waals surface area (Å²) in [4.78, 5) is 19.4. The highest BCUT2D eigenvalue weighted by molar-refractivity contribution is 5.94. The van der Waals surface area contributed by atoms with Gasteiger partial charge in [0.2, 0.25) is 0 Å². The second-order valence-electron chi connectivity index (χ2n) is 7.93. The van der Waals surface area contributed by atoms with Gasteiger partial charge < -0.3 is 20.7 Å². The molecule has 32 heavy (non-hydrogen) atoms. The fourth-order valence-electron chi connectivity index (χ4n) is 3.77. The number of piperidine rings is 1. The van der Waals surface area contributed by atoms with Crippen LogP contribution in [0.15, 0.2) is 59.6 Å². The van der Waals surface area contributed by atoms with Crippen molar-refractivity contribution in [3.63, 3.8) is 0 Å². The standard InChI is InChI=1S/C25H35N5O2/c1-3-26-25(28-16-15-27-24(31)21-9-11-23(32-2)12-10-21)29-22-13-17-30(18-14-22)19-20-7-5-4-6-8-20/h4-12,22H,3,13-19H2,1-2H3,(H,27,31)(H2,26,28,29). The summed E-state index contributed by atoms with van der Waals surface area (Å²) in [5.74, 6) is 1.44. The largest absolute Gasteiger partial charge is 0.497 e. The van der Waals surface area contributed by atoms with E-state index in [1.54, 1.807) is 31.4 Å². The predicted molar refractivity (Wildman–Crippen MR) is 129 cm³/mol. The van der Waals surface area contributed by atoms with E-state index in [9.17, 15) is 4.79 Å². The van der Waals surface area contributed by atoms with E-state index in [2.05, 4.69) is 63.1 Å². The van der Waals surface area contributed by atoms with Crippen LogP contribution in [0.3, 0.4) is 0 Å². The smallest absolute Gasteiger partial charge is 0.251 e. The van der Waals surface area contributed by atoms with Crippen molar-refractivity contribution in [2.45, 2.75) is 32.4 Å². The van der Waals surface area contributed by atoms with Gasteiger partial charge in [-0.1, -0.05) is 30.3 Å². The van der Waals surface area contributed by atoms with Crippen molar-refractivity contribution in [1.82, 2.24) is 20.9 Å². The summed E-state index contributed by atoms with van der Waals surface area (Å²) in [6.45, 7) is 7.02. The first-order chi connectivity index (χ1) is 15.7. The van der Waals surface area contributed by atoms with Crippen LogP contribution in [-0.2, 0) is 6.54 Å². The molecule has 7 heteroatoms. The van der Waals surface area contributed by atoms with E-state index >= 15 is 0 Å². The summed E-state index contributed by atoms with van der Waals surface area (Å²) in [7, 11) is 1.61. The number of amides is 1. The van der Waals surface area contributed by atoms with Crippen LogP contribution in [0.1, 0.15) is 35.7 Å². The van der Waals surface area contributed by atoms with Crippen LogP contribution < -0.4 is 20.7 Å². The Bertz CT molecular complexity index is 846. The topological polar surface area (TPSA) is 78.0 Å². The van der Waals surface area contributed by atoms with Crippen molar-refractivity contribution >= 4 is 11.9 Å². The van der Waals surface area contributed by atoms with Gasteiger partial charge in [0.1, 0.15) is 5.75 Å². The maximum Gasteiger partial charge on any atom is 0.251 e. The number of carbonyl (C=O) groups excluding carboxylic acids is 1. The highest BCUT2D eigenvalue weighted by atomic mass is 16.5. The Hall–Kier alpha value is -3.06. The van der Waals surface area contributed by atoms with Crippen molar-refractivity contribution in [1.29, 1.82) is 0 Å². The number of carbonyl (C=O) groups is 1. The van der Waals surface area contributed by atoms with E-state index in [4.69, 9.17) is 4.74 Å². The van der Waals surface area contributed by atoms with Crippen LogP contribution in [0.4, 0.5) is 0 Å². The first kappa shape index (κ1) is 23.6. The summed E-state index contributed by atoms with van der Waals surface area (Å²) in [6.07, 6.45) is 2.18. The van der Waals surface area contributed by atoms with E-state index < -0.39 is 0 Å². The third-order valence-electron chi connectivity index (χ3n) is 5.54. The van der Waals surface area contributed by atoms with Crippen LogP contribution in [0.2, 0.25) is 0 Å². The summed E-state index contributed by atoms with van der Waals surface area (Å²) < 4.78 is 5.13. The molecule has 3 rings (SSSR count). The Balaban J connectivity index is 1.40. The SMILES string of the molecule is CCNC(=NCCNC(=O)c1ccc(OC)cc1)NC1CCN(Cc2ccccc2)CC1. The Labute approximate surface area is 191 Å². The van der Waals surface area contributed by atoms with E-state index in [0.717, 1.165) is 50.7 Å². The monoisotopic (exact) mass is 437 g/mol. The lowest BCUT2D eigenvalue weighted by Crippen LogP contribution is -2.48. The molecule has 172 valence electrons. The quantitative estimate of drug-likeness (QED) is 0.319. The molecule has 7 nitrogen and oxygen atoms in total. The molecule has 0 aliphatic carbocycles. The highest BCUT2D eigenvalue weighted by Gasteiger charge is 2.20. The average molecular weight is 438 g/mol. The van der Waals surface area contributed by atoms with Crippen molar-refractivity contribution in [3.05, 3.63) is 65.7 Å². The fraction of sp³-hybridized carbons (Fsp3) is 0.440. The van der Waals surface area contributed by atoms with Gasteiger partial charge in [0.15, 0.2) is 5.96 Å². The summed E-state index contributed by atoms with van der Waals surface area (Å²) in [6, 6.07) is 18.1. The Morgan fingerprint density at radius 2 is 1.78 bits per heavy atom. The van der Waals surface area contributed by atoms with Gasteiger partial charge in [-0.25, -0.2) is 0 Å².